The lowest BCUT2D eigenvalue weighted by Gasteiger charge is -2.48. The monoisotopic (exact) mass is 1010 g/mol. The number of carbonyl (C=O) groups is 4. The number of benzene rings is 3. The van der Waals surface area contributed by atoms with Crippen molar-refractivity contribution in [3.63, 3.8) is 0 Å². The molecule has 3 aromatic carbocycles. The van der Waals surface area contributed by atoms with E-state index < -0.39 is 16.8 Å². The van der Waals surface area contributed by atoms with Gasteiger partial charge in [-0.3, -0.25) is 19.3 Å². The van der Waals surface area contributed by atoms with Crippen molar-refractivity contribution < 1.29 is 28.3 Å². The maximum Gasteiger partial charge on any atom is 0.338 e. The van der Waals surface area contributed by atoms with Crippen LogP contribution in [-0.2, 0) is 19.7 Å². The Kier molecular flexibility index (Phi) is 14.2. The van der Waals surface area contributed by atoms with E-state index in [1.807, 2.05) is 80.5 Å². The zero-order valence-corrected chi connectivity index (χ0v) is 44.6. The first-order valence-electron chi connectivity index (χ1n) is 27.2. The number of hydrogen-bond donors (Lipinski definition) is 2. The molecule has 4 fully saturated rings. The van der Waals surface area contributed by atoms with Crippen LogP contribution in [-0.4, -0.2) is 122 Å². The summed E-state index contributed by atoms with van der Waals surface area (Å²) in [5.41, 5.74) is 6.22. The molecule has 3 saturated heterocycles. The van der Waals surface area contributed by atoms with Gasteiger partial charge in [-0.25, -0.2) is 19.2 Å². The predicted octanol–water partition coefficient (Wildman–Crippen LogP) is 10.1. The predicted molar refractivity (Wildman–Crippen MR) is 288 cm³/mol. The largest absolute Gasteiger partial charge is 0.456 e. The van der Waals surface area contributed by atoms with E-state index in [1.165, 1.54) is 30.9 Å². The van der Waals surface area contributed by atoms with E-state index in [0.29, 0.717) is 83.7 Å². The Balaban J connectivity index is 0.885. The van der Waals surface area contributed by atoms with Gasteiger partial charge in [-0.15, -0.1) is 0 Å². The molecular formula is C59H74FN9O5. The lowest BCUT2D eigenvalue weighted by molar-refractivity contribution is -0.137. The topological polar surface area (TPSA) is 145 Å². The van der Waals surface area contributed by atoms with Crippen LogP contribution in [0.3, 0.4) is 0 Å². The summed E-state index contributed by atoms with van der Waals surface area (Å²) in [6, 6.07) is 19.4. The number of amides is 3. The van der Waals surface area contributed by atoms with E-state index >= 15 is 9.18 Å². The van der Waals surface area contributed by atoms with E-state index in [4.69, 9.17) is 14.7 Å². The molecule has 0 bridgehead atoms. The Labute approximate surface area is 435 Å². The van der Waals surface area contributed by atoms with Crippen molar-refractivity contribution in [2.24, 2.45) is 0 Å². The summed E-state index contributed by atoms with van der Waals surface area (Å²) in [6.07, 6.45) is 10.3. The Morgan fingerprint density at radius 3 is 2.23 bits per heavy atom. The van der Waals surface area contributed by atoms with Crippen molar-refractivity contribution in [1.29, 1.82) is 0 Å². The summed E-state index contributed by atoms with van der Waals surface area (Å²) < 4.78 is 23.5. The zero-order chi connectivity index (χ0) is 52.2. The molecule has 1 spiro atoms. The van der Waals surface area contributed by atoms with E-state index in [9.17, 15) is 14.4 Å². The highest BCUT2D eigenvalue weighted by molar-refractivity contribution is 6.09. The Bertz CT molecular complexity index is 2930. The minimum atomic E-state index is -0.749. The second-order valence-electron chi connectivity index (χ2n) is 23.3. The van der Waals surface area contributed by atoms with Crippen molar-refractivity contribution in [2.45, 2.75) is 154 Å². The lowest BCUT2D eigenvalue weighted by Crippen LogP contribution is -2.58. The number of ether oxygens (including phenoxy) is 1. The van der Waals surface area contributed by atoms with Gasteiger partial charge in [0.2, 0.25) is 11.8 Å². The second-order valence-corrected chi connectivity index (χ2v) is 23.3. The summed E-state index contributed by atoms with van der Waals surface area (Å²) in [5.74, 6) is -0.108. The van der Waals surface area contributed by atoms with Gasteiger partial charge in [0, 0.05) is 54.1 Å². The van der Waals surface area contributed by atoms with Gasteiger partial charge in [0.15, 0.2) is 5.82 Å². The molecule has 5 aliphatic rings. The highest BCUT2D eigenvalue weighted by Gasteiger charge is 2.56. The molecule has 2 N–H and O–H groups in total. The highest BCUT2D eigenvalue weighted by atomic mass is 19.1. The number of hydrogen-bond acceptors (Lipinski definition) is 10. The number of fused-ring (bicyclic) bond motifs is 3. The SMILES string of the molecule is Cc1cc(F)c(Nc2nc(-c3ccc4c(c3)N(C3CC(N5CCCCC5)C3)C(=O)C43CCN(C(=O)CN4CCC(c5ccc(C(=O)OC(C)(C)C)cc5)CC4)CC3)cc3ncn(C(C)C)c23)cc1C(=O)NC(C)C. The van der Waals surface area contributed by atoms with Crippen LogP contribution < -0.4 is 15.5 Å². The number of anilines is 3. The van der Waals surface area contributed by atoms with Gasteiger partial charge in [0.1, 0.15) is 16.9 Å². The first kappa shape index (κ1) is 51.3. The standard InChI is InChI=1S/C59H74FN9O5/c1-36(2)62-55(71)45-32-49(47(60)28-38(45)5)64-54-53-50(61-35-68(53)37(3)4)33-48(63-54)42-16-17-46-51(29-42)69(44-30-43(31-44)66-22-10-9-11-23-66)57(73)59(46)20-26-67(27-21-59)52(70)34-65-24-18-40(19-25-65)39-12-14-41(15-13-39)56(72)74-58(6,7)8/h12-17,28-29,32-33,35-37,40,43-44H,9-11,18-27,30-31,34H2,1-8H3,(H,62,71)(H,63,64). The first-order valence-corrected chi connectivity index (χ1v) is 27.2. The highest BCUT2D eigenvalue weighted by Crippen LogP contribution is 2.52. The Hall–Kier alpha value is -6.19. The molecule has 0 unspecified atom stereocenters. The van der Waals surface area contributed by atoms with Gasteiger partial charge in [0.05, 0.1) is 40.7 Å². The van der Waals surface area contributed by atoms with Gasteiger partial charge < -0.3 is 34.6 Å². The average molecular weight is 1010 g/mol. The van der Waals surface area contributed by atoms with E-state index in [0.717, 1.165) is 68.7 Å². The molecule has 74 heavy (non-hydrogen) atoms. The fourth-order valence-corrected chi connectivity index (χ4v) is 12.2. The maximum atomic E-state index is 15.9. The number of esters is 1. The lowest BCUT2D eigenvalue weighted by atomic mass is 9.73. The van der Waals surface area contributed by atoms with Crippen LogP contribution in [0.1, 0.15) is 156 Å². The molecule has 14 nitrogen and oxygen atoms in total. The molecule has 0 radical (unpaired) electrons. The molecule has 10 rings (SSSR count). The number of likely N-dealkylation sites (tertiary alicyclic amines) is 3. The third kappa shape index (κ3) is 10.2. The van der Waals surface area contributed by atoms with Crippen LogP contribution in [0, 0.1) is 12.7 Å². The molecule has 15 heteroatoms. The molecule has 6 heterocycles. The van der Waals surface area contributed by atoms with Crippen LogP contribution in [0.5, 0.6) is 0 Å². The van der Waals surface area contributed by atoms with Gasteiger partial charge >= 0.3 is 5.97 Å². The fourth-order valence-electron chi connectivity index (χ4n) is 12.2. The number of aromatic nitrogens is 3. The van der Waals surface area contributed by atoms with Gasteiger partial charge in [-0.1, -0.05) is 30.7 Å². The Morgan fingerprint density at radius 1 is 0.865 bits per heavy atom. The van der Waals surface area contributed by atoms with E-state index in [1.54, 1.807) is 19.3 Å². The van der Waals surface area contributed by atoms with Gasteiger partial charge in [0.25, 0.3) is 5.91 Å². The first-order chi connectivity index (χ1) is 35.4. The molecule has 392 valence electrons. The van der Waals surface area contributed by atoms with Gasteiger partial charge in [-0.2, -0.15) is 0 Å². The van der Waals surface area contributed by atoms with Crippen molar-refractivity contribution in [3.8, 4) is 11.3 Å². The van der Waals surface area contributed by atoms with Crippen molar-refractivity contribution in [2.75, 3.05) is 56.0 Å². The number of rotatable bonds is 12. The van der Waals surface area contributed by atoms with Crippen LogP contribution >= 0.6 is 0 Å². The summed E-state index contributed by atoms with van der Waals surface area (Å²) in [5, 5.41) is 6.21. The number of halogens is 1. The third-order valence-corrected chi connectivity index (χ3v) is 16.3. The van der Waals surface area contributed by atoms with Crippen molar-refractivity contribution in [3.05, 3.63) is 101 Å². The maximum absolute atomic E-state index is 15.9. The quantitative estimate of drug-likeness (QED) is 0.116. The van der Waals surface area contributed by atoms with E-state index in [-0.39, 0.29) is 47.5 Å². The van der Waals surface area contributed by atoms with Crippen LogP contribution in [0.15, 0.2) is 67.0 Å². The third-order valence-electron chi connectivity index (χ3n) is 16.3. The molecule has 5 aromatic rings. The summed E-state index contributed by atoms with van der Waals surface area (Å²) >= 11 is 0. The zero-order valence-electron chi connectivity index (χ0n) is 44.6. The van der Waals surface area contributed by atoms with Crippen molar-refractivity contribution >= 4 is 51.9 Å². The minimum Gasteiger partial charge on any atom is -0.456 e. The molecular weight excluding hydrogens is 934 g/mol. The molecule has 1 saturated carbocycles. The van der Waals surface area contributed by atoms with Crippen LogP contribution in [0.4, 0.5) is 21.6 Å². The Morgan fingerprint density at radius 2 is 1.57 bits per heavy atom. The normalized spacial score (nSPS) is 20.6. The number of carbonyl (C=O) groups excluding carboxylic acids is 4. The van der Waals surface area contributed by atoms with Crippen LogP contribution in [0.2, 0.25) is 0 Å². The number of piperidine rings is 3. The van der Waals surface area contributed by atoms with Crippen LogP contribution in [0.25, 0.3) is 22.3 Å². The molecule has 4 aliphatic heterocycles. The van der Waals surface area contributed by atoms with Gasteiger partial charge in [-0.05, 0) is 192 Å². The van der Waals surface area contributed by atoms with Crippen molar-refractivity contribution in [1.82, 2.24) is 34.6 Å². The smallest absolute Gasteiger partial charge is 0.338 e. The van der Waals surface area contributed by atoms with E-state index in [2.05, 4.69) is 51.3 Å². The second kappa shape index (κ2) is 20.5. The number of aryl methyl sites for hydroxylation is 1. The number of nitrogens with zero attached hydrogens (tertiary/aromatic N) is 7. The average Bonchev–Trinajstić information content (AvgIpc) is 3.91. The molecule has 3 amide bonds. The molecule has 1 aliphatic carbocycles. The molecule has 2 aromatic heterocycles. The number of pyridine rings is 1. The minimum absolute atomic E-state index is 0.0273. The summed E-state index contributed by atoms with van der Waals surface area (Å²) in [4.78, 5) is 74.1. The molecule has 0 atom stereocenters. The summed E-state index contributed by atoms with van der Waals surface area (Å²) in [6.45, 7) is 20.4. The summed E-state index contributed by atoms with van der Waals surface area (Å²) in [7, 11) is 0. The number of imidazole rings is 1. The number of nitrogens with one attached hydrogen (secondary N) is 2. The fraction of sp³-hybridized carbons (Fsp3) is 0.525.